The van der Waals surface area contributed by atoms with Gasteiger partial charge in [-0.05, 0) is 36.8 Å². The van der Waals surface area contributed by atoms with E-state index in [0.717, 1.165) is 6.04 Å². The second-order valence-electron chi connectivity index (χ2n) is 6.99. The molecule has 4 rings (SSSR count). The molecule has 1 aromatic rings. The molecular weight excluding hydrogens is 244 g/mol. The molecule has 2 heteroatoms. The van der Waals surface area contributed by atoms with Crippen LogP contribution in [-0.4, -0.2) is 36.1 Å². The SMILES string of the molecule is c1ccc2c(c1)CC(N1CCNCC13CCCCC3)C2. The van der Waals surface area contributed by atoms with Crippen molar-refractivity contribution in [1.82, 2.24) is 10.2 Å². The number of benzene rings is 1. The van der Waals surface area contributed by atoms with Crippen LogP contribution in [-0.2, 0) is 12.8 Å². The summed E-state index contributed by atoms with van der Waals surface area (Å²) in [5.74, 6) is 0. The third-order valence-corrected chi connectivity index (χ3v) is 5.85. The van der Waals surface area contributed by atoms with Crippen molar-refractivity contribution in [2.75, 3.05) is 19.6 Å². The fourth-order valence-electron chi connectivity index (χ4n) is 4.86. The number of rotatable bonds is 1. The van der Waals surface area contributed by atoms with Crippen molar-refractivity contribution in [3.63, 3.8) is 0 Å². The molecule has 0 amide bonds. The van der Waals surface area contributed by atoms with Crippen LogP contribution >= 0.6 is 0 Å². The summed E-state index contributed by atoms with van der Waals surface area (Å²) in [5, 5.41) is 3.68. The molecule has 1 aromatic carbocycles. The third kappa shape index (κ3) is 2.10. The Balaban J connectivity index is 1.58. The Morgan fingerprint density at radius 3 is 2.40 bits per heavy atom. The van der Waals surface area contributed by atoms with E-state index in [1.807, 2.05) is 0 Å². The van der Waals surface area contributed by atoms with Crippen molar-refractivity contribution >= 4 is 0 Å². The average Bonchev–Trinajstić information content (AvgIpc) is 2.92. The first kappa shape index (κ1) is 12.8. The fourth-order valence-corrected chi connectivity index (χ4v) is 4.86. The molecule has 0 aromatic heterocycles. The van der Waals surface area contributed by atoms with Gasteiger partial charge in [-0.2, -0.15) is 0 Å². The molecule has 0 bridgehead atoms. The first-order valence-electron chi connectivity index (χ1n) is 8.42. The van der Waals surface area contributed by atoms with Crippen LogP contribution in [0, 0.1) is 0 Å². The molecular formula is C18H26N2. The van der Waals surface area contributed by atoms with Crippen molar-refractivity contribution in [2.45, 2.75) is 56.5 Å². The molecule has 1 N–H and O–H groups in total. The van der Waals surface area contributed by atoms with Gasteiger partial charge in [0.15, 0.2) is 0 Å². The van der Waals surface area contributed by atoms with E-state index < -0.39 is 0 Å². The molecule has 2 fully saturated rings. The van der Waals surface area contributed by atoms with Crippen molar-refractivity contribution in [3.05, 3.63) is 35.4 Å². The van der Waals surface area contributed by atoms with Gasteiger partial charge >= 0.3 is 0 Å². The maximum Gasteiger partial charge on any atom is 0.0337 e. The molecule has 2 aliphatic carbocycles. The highest BCUT2D eigenvalue weighted by Gasteiger charge is 2.43. The minimum absolute atomic E-state index is 0.475. The van der Waals surface area contributed by atoms with Gasteiger partial charge in [0.1, 0.15) is 0 Å². The van der Waals surface area contributed by atoms with Crippen molar-refractivity contribution in [2.24, 2.45) is 0 Å². The number of piperazine rings is 1. The Bertz CT molecular complexity index is 443. The highest BCUT2D eigenvalue weighted by Crippen LogP contribution is 2.38. The zero-order valence-corrected chi connectivity index (χ0v) is 12.4. The van der Waals surface area contributed by atoms with E-state index >= 15 is 0 Å². The number of hydrogen-bond acceptors (Lipinski definition) is 2. The summed E-state index contributed by atoms with van der Waals surface area (Å²) >= 11 is 0. The van der Waals surface area contributed by atoms with Gasteiger partial charge in [0.25, 0.3) is 0 Å². The van der Waals surface area contributed by atoms with Gasteiger partial charge in [0.05, 0.1) is 0 Å². The third-order valence-electron chi connectivity index (χ3n) is 5.85. The average molecular weight is 270 g/mol. The lowest BCUT2D eigenvalue weighted by molar-refractivity contribution is -0.00430. The van der Waals surface area contributed by atoms with E-state index in [-0.39, 0.29) is 0 Å². The lowest BCUT2D eigenvalue weighted by Gasteiger charge is -2.52. The summed E-state index contributed by atoms with van der Waals surface area (Å²) < 4.78 is 0. The van der Waals surface area contributed by atoms with E-state index in [1.54, 1.807) is 11.1 Å². The van der Waals surface area contributed by atoms with Crippen LogP contribution in [0.25, 0.3) is 0 Å². The van der Waals surface area contributed by atoms with E-state index in [1.165, 1.54) is 64.6 Å². The van der Waals surface area contributed by atoms with Crippen LogP contribution in [0.3, 0.4) is 0 Å². The quantitative estimate of drug-likeness (QED) is 0.844. The lowest BCUT2D eigenvalue weighted by atomic mass is 9.78. The fraction of sp³-hybridized carbons (Fsp3) is 0.667. The first-order valence-corrected chi connectivity index (χ1v) is 8.42. The largest absolute Gasteiger partial charge is 0.314 e. The van der Waals surface area contributed by atoms with Crippen LogP contribution < -0.4 is 5.32 Å². The molecule has 0 atom stereocenters. The maximum atomic E-state index is 3.68. The number of fused-ring (bicyclic) bond motifs is 1. The van der Waals surface area contributed by atoms with Gasteiger partial charge in [-0.25, -0.2) is 0 Å². The Kier molecular flexibility index (Phi) is 3.31. The summed E-state index contributed by atoms with van der Waals surface area (Å²) in [6, 6.07) is 9.84. The highest BCUT2D eigenvalue weighted by molar-refractivity contribution is 5.33. The van der Waals surface area contributed by atoms with Gasteiger partial charge in [-0.1, -0.05) is 43.5 Å². The number of nitrogens with zero attached hydrogens (tertiary/aromatic N) is 1. The maximum absolute atomic E-state index is 3.68. The smallest absolute Gasteiger partial charge is 0.0337 e. The minimum Gasteiger partial charge on any atom is -0.314 e. The molecule has 0 radical (unpaired) electrons. The van der Waals surface area contributed by atoms with E-state index in [4.69, 9.17) is 0 Å². The van der Waals surface area contributed by atoms with Gasteiger partial charge in [-0.15, -0.1) is 0 Å². The van der Waals surface area contributed by atoms with Crippen molar-refractivity contribution in [1.29, 1.82) is 0 Å². The minimum atomic E-state index is 0.475. The topological polar surface area (TPSA) is 15.3 Å². The molecule has 1 aliphatic heterocycles. The summed E-state index contributed by atoms with van der Waals surface area (Å²) in [7, 11) is 0. The second kappa shape index (κ2) is 5.16. The Morgan fingerprint density at radius 2 is 1.70 bits per heavy atom. The Morgan fingerprint density at radius 1 is 1.00 bits per heavy atom. The van der Waals surface area contributed by atoms with Crippen LogP contribution in [0.15, 0.2) is 24.3 Å². The van der Waals surface area contributed by atoms with Crippen LogP contribution in [0.5, 0.6) is 0 Å². The van der Waals surface area contributed by atoms with Crippen molar-refractivity contribution < 1.29 is 0 Å². The number of nitrogens with one attached hydrogen (secondary N) is 1. The first-order chi connectivity index (χ1) is 9.87. The molecule has 3 aliphatic rings. The van der Waals surface area contributed by atoms with Crippen LogP contribution in [0.2, 0.25) is 0 Å². The zero-order chi connectivity index (χ0) is 13.4. The predicted molar refractivity (Wildman–Crippen MR) is 83.0 cm³/mol. The van der Waals surface area contributed by atoms with Gasteiger partial charge in [0.2, 0.25) is 0 Å². The van der Waals surface area contributed by atoms with E-state index in [0.29, 0.717) is 5.54 Å². The standard InChI is InChI=1S/C18H26N2/c1-4-8-18(9-5-1)14-19-10-11-20(18)17-12-15-6-2-3-7-16(15)13-17/h2-3,6-7,17,19H,1,4-5,8-14H2. The molecule has 1 spiro atoms. The van der Waals surface area contributed by atoms with E-state index in [2.05, 4.69) is 34.5 Å². The van der Waals surface area contributed by atoms with Crippen LogP contribution in [0.1, 0.15) is 43.2 Å². The molecule has 108 valence electrons. The lowest BCUT2D eigenvalue weighted by Crippen LogP contribution is -2.65. The molecule has 20 heavy (non-hydrogen) atoms. The summed E-state index contributed by atoms with van der Waals surface area (Å²) in [4.78, 5) is 2.91. The summed E-state index contributed by atoms with van der Waals surface area (Å²) in [5.41, 5.74) is 3.67. The van der Waals surface area contributed by atoms with E-state index in [9.17, 15) is 0 Å². The van der Waals surface area contributed by atoms with Crippen molar-refractivity contribution in [3.8, 4) is 0 Å². The summed E-state index contributed by atoms with van der Waals surface area (Å²) in [6.45, 7) is 3.65. The number of hydrogen-bond donors (Lipinski definition) is 1. The Hall–Kier alpha value is -0.860. The molecule has 0 unspecified atom stereocenters. The molecule has 1 heterocycles. The highest BCUT2D eigenvalue weighted by atomic mass is 15.3. The van der Waals surface area contributed by atoms with Crippen LogP contribution in [0.4, 0.5) is 0 Å². The second-order valence-corrected chi connectivity index (χ2v) is 6.99. The summed E-state index contributed by atoms with van der Waals surface area (Å²) in [6.07, 6.45) is 9.67. The van der Waals surface area contributed by atoms with Gasteiger partial charge in [0, 0.05) is 31.2 Å². The molecule has 1 saturated heterocycles. The van der Waals surface area contributed by atoms with Gasteiger partial charge < -0.3 is 5.32 Å². The molecule has 1 saturated carbocycles. The predicted octanol–water partition coefficient (Wildman–Crippen LogP) is 2.76. The monoisotopic (exact) mass is 270 g/mol. The van der Waals surface area contributed by atoms with Gasteiger partial charge in [-0.3, -0.25) is 4.90 Å². The zero-order valence-electron chi connectivity index (χ0n) is 12.4. The normalized spacial score (nSPS) is 26.8. The Labute approximate surface area is 122 Å². The molecule has 2 nitrogen and oxygen atoms in total.